The summed E-state index contributed by atoms with van der Waals surface area (Å²) in [5.74, 6) is -0.907. The minimum Gasteiger partial charge on any atom is -0.378 e. The summed E-state index contributed by atoms with van der Waals surface area (Å²) < 4.78 is 21.0. The molecule has 4 rings (SSSR count). The van der Waals surface area contributed by atoms with E-state index in [1.807, 2.05) is 0 Å². The number of carbonyl (C=O) groups excluding carboxylic acids is 1. The largest absolute Gasteiger partial charge is 0.378 e. The van der Waals surface area contributed by atoms with Gasteiger partial charge in [0.25, 0.3) is 5.56 Å². The van der Waals surface area contributed by atoms with Gasteiger partial charge in [-0.3, -0.25) is 14.2 Å². The molecule has 0 N–H and O–H groups in total. The first-order chi connectivity index (χ1) is 14.0. The van der Waals surface area contributed by atoms with Crippen LogP contribution in [0.2, 0.25) is 5.02 Å². The van der Waals surface area contributed by atoms with E-state index in [0.717, 1.165) is 10.6 Å². The maximum absolute atomic E-state index is 13.6. The summed E-state index contributed by atoms with van der Waals surface area (Å²) >= 11 is 5.84. The molecule has 3 aromatic rings. The molecule has 1 fully saturated rings. The monoisotopic (exact) mass is 417 g/mol. The molecule has 29 heavy (non-hydrogen) atoms. The maximum Gasteiger partial charge on any atom is 0.336 e. The molecule has 2 heterocycles. The summed E-state index contributed by atoms with van der Waals surface area (Å²) in [4.78, 5) is 40.6. The lowest BCUT2D eigenvalue weighted by Crippen LogP contribution is -2.45. The quantitative estimate of drug-likeness (QED) is 0.651. The Balaban J connectivity index is 1.89. The molecule has 0 bridgehead atoms. The maximum atomic E-state index is 13.6. The first kappa shape index (κ1) is 19.4. The molecule has 1 aliphatic heterocycles. The third-order valence-electron chi connectivity index (χ3n) is 4.87. The highest BCUT2D eigenvalue weighted by Crippen LogP contribution is 2.18. The van der Waals surface area contributed by atoms with Crippen LogP contribution >= 0.6 is 11.6 Å². The highest BCUT2D eigenvalue weighted by atomic mass is 35.5. The normalized spacial score (nSPS) is 14.3. The molecule has 9 heteroatoms. The number of halogens is 2. The fourth-order valence-corrected chi connectivity index (χ4v) is 3.55. The number of aromatic nitrogens is 2. The lowest BCUT2D eigenvalue weighted by atomic mass is 10.2. The van der Waals surface area contributed by atoms with Gasteiger partial charge in [0, 0.05) is 13.1 Å². The predicted octanol–water partition coefficient (Wildman–Crippen LogP) is 1.80. The van der Waals surface area contributed by atoms with Gasteiger partial charge in [-0.25, -0.2) is 13.8 Å². The molecule has 7 nitrogen and oxygen atoms in total. The van der Waals surface area contributed by atoms with E-state index in [-0.39, 0.29) is 28.5 Å². The highest BCUT2D eigenvalue weighted by molar-refractivity contribution is 6.30. The van der Waals surface area contributed by atoms with Gasteiger partial charge in [0.05, 0.1) is 34.8 Å². The van der Waals surface area contributed by atoms with Crippen LogP contribution in [0.4, 0.5) is 4.39 Å². The zero-order chi connectivity index (χ0) is 20.5. The van der Waals surface area contributed by atoms with Gasteiger partial charge < -0.3 is 9.64 Å². The predicted molar refractivity (Wildman–Crippen MR) is 106 cm³/mol. The summed E-state index contributed by atoms with van der Waals surface area (Å²) in [5.41, 5.74) is -0.778. The average Bonchev–Trinajstić information content (AvgIpc) is 2.74. The molecule has 2 aromatic carbocycles. The second-order valence-electron chi connectivity index (χ2n) is 6.62. The SMILES string of the molecule is O=C(Cn1c(=O)n(-c2ccc(F)c(Cl)c2)c(=O)c2ccccc21)N1CCOCC1. The Morgan fingerprint density at radius 3 is 2.55 bits per heavy atom. The van der Waals surface area contributed by atoms with E-state index in [1.54, 1.807) is 29.2 Å². The van der Waals surface area contributed by atoms with Gasteiger partial charge in [-0.2, -0.15) is 0 Å². The average molecular weight is 418 g/mol. The third-order valence-corrected chi connectivity index (χ3v) is 5.16. The van der Waals surface area contributed by atoms with Gasteiger partial charge in [-0.15, -0.1) is 0 Å². The van der Waals surface area contributed by atoms with Crippen molar-refractivity contribution in [3.8, 4) is 5.69 Å². The topological polar surface area (TPSA) is 73.5 Å². The van der Waals surface area contributed by atoms with Crippen molar-refractivity contribution in [3.05, 3.63) is 74.1 Å². The number of hydrogen-bond acceptors (Lipinski definition) is 4. The number of morpholine rings is 1. The first-order valence-corrected chi connectivity index (χ1v) is 9.40. The van der Waals surface area contributed by atoms with Crippen molar-refractivity contribution in [1.29, 1.82) is 0 Å². The van der Waals surface area contributed by atoms with Gasteiger partial charge in [-0.05, 0) is 30.3 Å². The van der Waals surface area contributed by atoms with Crippen LogP contribution < -0.4 is 11.2 Å². The van der Waals surface area contributed by atoms with E-state index in [0.29, 0.717) is 31.8 Å². The minimum absolute atomic E-state index is 0.129. The molecular weight excluding hydrogens is 401 g/mol. The fourth-order valence-electron chi connectivity index (χ4n) is 3.37. The van der Waals surface area contributed by atoms with Crippen LogP contribution in [0.25, 0.3) is 16.6 Å². The van der Waals surface area contributed by atoms with Crippen molar-refractivity contribution in [2.45, 2.75) is 6.54 Å². The zero-order valence-corrected chi connectivity index (χ0v) is 16.1. The summed E-state index contributed by atoms with van der Waals surface area (Å²) in [7, 11) is 0. The van der Waals surface area contributed by atoms with Crippen molar-refractivity contribution < 1.29 is 13.9 Å². The van der Waals surface area contributed by atoms with Crippen LogP contribution in [0.15, 0.2) is 52.1 Å². The third kappa shape index (κ3) is 3.56. The number of carbonyl (C=O) groups is 1. The van der Waals surface area contributed by atoms with Crippen LogP contribution in [-0.2, 0) is 16.1 Å². The Kier molecular flexibility index (Phi) is 5.21. The minimum atomic E-state index is -0.696. The van der Waals surface area contributed by atoms with E-state index in [9.17, 15) is 18.8 Å². The number of benzene rings is 2. The summed E-state index contributed by atoms with van der Waals surface area (Å²) in [6.45, 7) is 1.54. The van der Waals surface area contributed by atoms with Gasteiger partial charge in [-0.1, -0.05) is 23.7 Å². The number of hydrogen-bond donors (Lipinski definition) is 0. The lowest BCUT2D eigenvalue weighted by Gasteiger charge is -2.27. The van der Waals surface area contributed by atoms with Gasteiger partial charge >= 0.3 is 5.69 Å². The molecule has 1 saturated heterocycles. The Morgan fingerprint density at radius 1 is 1.10 bits per heavy atom. The van der Waals surface area contributed by atoms with Crippen molar-refractivity contribution in [2.75, 3.05) is 26.3 Å². The molecule has 0 spiro atoms. The number of fused-ring (bicyclic) bond motifs is 1. The van der Waals surface area contributed by atoms with Crippen molar-refractivity contribution in [3.63, 3.8) is 0 Å². The van der Waals surface area contributed by atoms with Crippen LogP contribution in [0.3, 0.4) is 0 Å². The molecule has 0 unspecified atom stereocenters. The van der Waals surface area contributed by atoms with E-state index < -0.39 is 17.1 Å². The van der Waals surface area contributed by atoms with E-state index >= 15 is 0 Å². The van der Waals surface area contributed by atoms with E-state index in [2.05, 4.69) is 0 Å². The van der Waals surface area contributed by atoms with Crippen LogP contribution in [0, 0.1) is 5.82 Å². The van der Waals surface area contributed by atoms with Crippen LogP contribution in [-0.4, -0.2) is 46.2 Å². The molecule has 1 aromatic heterocycles. The smallest absolute Gasteiger partial charge is 0.336 e. The summed E-state index contributed by atoms with van der Waals surface area (Å²) in [5, 5.41) is 0.0558. The number of rotatable bonds is 3. The molecule has 1 amide bonds. The molecule has 0 aliphatic carbocycles. The Morgan fingerprint density at radius 2 is 1.83 bits per heavy atom. The summed E-state index contributed by atoms with van der Waals surface area (Å²) in [6, 6.07) is 10.2. The second kappa shape index (κ2) is 7.81. The zero-order valence-electron chi connectivity index (χ0n) is 15.3. The van der Waals surface area contributed by atoms with Crippen LogP contribution in [0.1, 0.15) is 0 Å². The van der Waals surface area contributed by atoms with E-state index in [4.69, 9.17) is 16.3 Å². The molecule has 0 atom stereocenters. The van der Waals surface area contributed by atoms with Crippen molar-refractivity contribution in [1.82, 2.24) is 14.0 Å². The molecule has 0 radical (unpaired) electrons. The fraction of sp³-hybridized carbons (Fsp3) is 0.250. The number of para-hydroxylation sites is 1. The highest BCUT2D eigenvalue weighted by Gasteiger charge is 2.21. The second-order valence-corrected chi connectivity index (χ2v) is 7.03. The summed E-state index contributed by atoms with van der Waals surface area (Å²) in [6.07, 6.45) is 0. The van der Waals surface area contributed by atoms with Crippen molar-refractivity contribution in [2.24, 2.45) is 0 Å². The van der Waals surface area contributed by atoms with Crippen LogP contribution in [0.5, 0.6) is 0 Å². The molecule has 0 saturated carbocycles. The first-order valence-electron chi connectivity index (χ1n) is 9.03. The molecule has 1 aliphatic rings. The van der Waals surface area contributed by atoms with Gasteiger partial charge in [0.2, 0.25) is 5.91 Å². The number of nitrogens with zero attached hydrogens (tertiary/aromatic N) is 3. The van der Waals surface area contributed by atoms with E-state index in [1.165, 1.54) is 16.7 Å². The number of amides is 1. The van der Waals surface area contributed by atoms with Gasteiger partial charge in [0.1, 0.15) is 12.4 Å². The Labute approximate surface area is 169 Å². The molecule has 150 valence electrons. The van der Waals surface area contributed by atoms with Gasteiger partial charge in [0.15, 0.2) is 0 Å². The molecular formula is C20H17ClFN3O4. The van der Waals surface area contributed by atoms with Crippen molar-refractivity contribution >= 4 is 28.4 Å². The Hall–Kier alpha value is -2.97. The number of ether oxygens (including phenoxy) is 1. The standard InChI is InChI=1S/C20H17ClFN3O4/c21-15-11-13(5-6-16(15)22)25-19(27)14-3-1-2-4-17(14)24(20(25)28)12-18(26)23-7-9-29-10-8-23/h1-6,11H,7-10,12H2. The Bertz CT molecular complexity index is 1210. The lowest BCUT2D eigenvalue weighted by molar-refractivity contribution is -0.135.